The van der Waals surface area contributed by atoms with Crippen molar-refractivity contribution in [3.63, 3.8) is 0 Å². The molecule has 4 nitrogen and oxygen atoms in total. The Balaban J connectivity index is 0.882. The van der Waals surface area contributed by atoms with Gasteiger partial charge in [0, 0.05) is 19.1 Å². The smallest absolute Gasteiger partial charge is 0.0805 e. The maximum absolute atomic E-state index is 12.2. The molecule has 3 N–H and O–H groups in total. The third-order valence-electron chi connectivity index (χ3n) is 18.6. The molecule has 2 saturated heterocycles. The van der Waals surface area contributed by atoms with Crippen LogP contribution in [0.15, 0.2) is 48.5 Å². The van der Waals surface area contributed by atoms with E-state index < -0.39 is 5.60 Å². The Hall–Kier alpha value is -1.98. The molecule has 298 valence electrons. The second-order valence-corrected chi connectivity index (χ2v) is 22.2. The highest BCUT2D eigenvalue weighted by atomic mass is 16.3. The van der Waals surface area contributed by atoms with Crippen molar-refractivity contribution in [2.24, 2.45) is 70.0 Å². The summed E-state index contributed by atoms with van der Waals surface area (Å²) in [6.45, 7) is 14.2. The quantitative estimate of drug-likeness (QED) is 0.228. The zero-order valence-corrected chi connectivity index (χ0v) is 34.7. The van der Waals surface area contributed by atoms with Gasteiger partial charge in [-0.3, -0.25) is 4.90 Å². The minimum Gasteiger partial charge on any atom is -0.393 e. The topological polar surface area (TPSA) is 63.9 Å². The first kappa shape index (κ1) is 37.3. The molecule has 15 unspecified atom stereocenters. The Morgan fingerprint density at radius 3 is 2.24 bits per heavy atom. The van der Waals surface area contributed by atoms with E-state index in [4.69, 9.17) is 0 Å². The van der Waals surface area contributed by atoms with Gasteiger partial charge < -0.3 is 15.3 Å². The van der Waals surface area contributed by atoms with Gasteiger partial charge >= 0.3 is 0 Å². The molecule has 0 bridgehead atoms. The average Bonchev–Trinajstić information content (AvgIpc) is 3.73. The number of hydrogen-bond donors (Lipinski definition) is 3. The molecule has 7 aliphatic rings. The van der Waals surface area contributed by atoms with Crippen LogP contribution < -0.4 is 0 Å². The molecule has 0 aromatic heterocycles. The normalized spacial score (nSPS) is 45.4. The fourth-order valence-electron chi connectivity index (χ4n) is 16.3. The highest BCUT2D eigenvalue weighted by molar-refractivity contribution is 5.98. The molecule has 5 aliphatic carbocycles. The van der Waals surface area contributed by atoms with Gasteiger partial charge in [-0.05, 0) is 212 Å². The molecule has 5 saturated carbocycles. The minimum atomic E-state index is -0.595. The number of benzene rings is 3. The summed E-state index contributed by atoms with van der Waals surface area (Å²) < 4.78 is 0. The van der Waals surface area contributed by atoms with Crippen molar-refractivity contribution in [2.45, 2.75) is 148 Å². The minimum absolute atomic E-state index is 0.0114. The Morgan fingerprint density at radius 2 is 1.49 bits per heavy atom. The zero-order chi connectivity index (χ0) is 38.0. The third kappa shape index (κ3) is 6.02. The summed E-state index contributed by atoms with van der Waals surface area (Å²) in [5.41, 5.74) is 2.53. The number of fused-ring (bicyclic) bond motifs is 10. The number of aliphatic hydroxyl groups is 3. The summed E-state index contributed by atoms with van der Waals surface area (Å²) in [4.78, 5) is 2.72. The van der Waals surface area contributed by atoms with Gasteiger partial charge in [-0.15, -0.1) is 0 Å². The molecule has 2 aliphatic heterocycles. The molecule has 1 spiro atoms. The molecule has 3 aromatic rings. The van der Waals surface area contributed by atoms with E-state index in [9.17, 15) is 15.3 Å². The molecular weight excluding hydrogens is 675 g/mol. The molecule has 0 amide bonds. The van der Waals surface area contributed by atoms with E-state index in [1.165, 1.54) is 71.3 Å². The van der Waals surface area contributed by atoms with Crippen LogP contribution in [0.4, 0.5) is 0 Å². The highest BCUT2D eigenvalue weighted by Crippen LogP contribution is 2.71. The van der Waals surface area contributed by atoms with Crippen molar-refractivity contribution in [2.75, 3.05) is 13.1 Å². The largest absolute Gasteiger partial charge is 0.393 e. The summed E-state index contributed by atoms with van der Waals surface area (Å²) in [6.07, 6.45) is 15.3. The highest BCUT2D eigenvalue weighted by Gasteiger charge is 2.67. The number of aryl methyl sites for hydroxylation is 1. The second kappa shape index (κ2) is 13.5. The second-order valence-electron chi connectivity index (χ2n) is 22.2. The van der Waals surface area contributed by atoms with Gasteiger partial charge in [0.1, 0.15) is 0 Å². The lowest BCUT2D eigenvalue weighted by molar-refractivity contribution is -0.180. The first-order chi connectivity index (χ1) is 26.3. The van der Waals surface area contributed by atoms with Crippen molar-refractivity contribution in [1.82, 2.24) is 4.90 Å². The molecule has 55 heavy (non-hydrogen) atoms. The van der Waals surface area contributed by atoms with E-state index in [0.717, 1.165) is 70.3 Å². The molecule has 15 atom stereocenters. The summed E-state index contributed by atoms with van der Waals surface area (Å²) in [7, 11) is 0. The number of piperidine rings is 2. The maximum atomic E-state index is 12.2. The third-order valence-corrected chi connectivity index (χ3v) is 18.6. The first-order valence-electron chi connectivity index (χ1n) is 23.1. The lowest BCUT2D eigenvalue weighted by atomic mass is 9.46. The van der Waals surface area contributed by atoms with Crippen LogP contribution in [-0.4, -0.2) is 57.2 Å². The first-order valence-corrected chi connectivity index (χ1v) is 23.1. The monoisotopic (exact) mass is 746 g/mol. The fraction of sp³-hybridized carbons (Fsp3) is 0.725. The molecular formula is C51H71NO3. The lowest BCUT2D eigenvalue weighted by Crippen LogP contribution is -2.67. The van der Waals surface area contributed by atoms with Crippen LogP contribution in [0, 0.1) is 70.0 Å². The van der Waals surface area contributed by atoms with Crippen molar-refractivity contribution >= 4 is 21.5 Å². The van der Waals surface area contributed by atoms with Crippen LogP contribution in [0.1, 0.15) is 123 Å². The molecule has 2 heterocycles. The van der Waals surface area contributed by atoms with E-state index in [2.05, 4.69) is 88.0 Å². The van der Waals surface area contributed by atoms with Crippen LogP contribution in [0.25, 0.3) is 21.5 Å². The van der Waals surface area contributed by atoms with Crippen LogP contribution in [0.5, 0.6) is 0 Å². The van der Waals surface area contributed by atoms with Gasteiger partial charge in [0.25, 0.3) is 0 Å². The molecule has 4 heteroatoms. The van der Waals surface area contributed by atoms with Crippen molar-refractivity contribution in [1.29, 1.82) is 0 Å². The summed E-state index contributed by atoms with van der Waals surface area (Å²) >= 11 is 0. The summed E-state index contributed by atoms with van der Waals surface area (Å²) in [5, 5.41) is 41.7. The van der Waals surface area contributed by atoms with Crippen molar-refractivity contribution in [3.8, 4) is 0 Å². The standard InChI is InChI=1S/C51H71NO3/c1-30(2)18-36-22-38-20-34-9-7-6-8-33(34)19-37(38)21-35(36)12-11-32-16-17-51(26-32)29-49(4)44-23-40-39(41(44)24-46(53)45(49)25-48(51)54)13-14-43-42(40)28-52-27-31(3)10-15-47(52)50(43,5)55/h6-9,19-22,30-32,39-48,53-55H,10-18,23-29H2,1-5H3. The lowest BCUT2D eigenvalue weighted by Gasteiger charge is -2.60. The van der Waals surface area contributed by atoms with E-state index in [0.29, 0.717) is 53.4 Å². The van der Waals surface area contributed by atoms with Crippen LogP contribution in [0.2, 0.25) is 0 Å². The number of hydrogen-bond acceptors (Lipinski definition) is 4. The fourth-order valence-corrected chi connectivity index (χ4v) is 16.3. The van der Waals surface area contributed by atoms with Crippen LogP contribution in [-0.2, 0) is 12.8 Å². The van der Waals surface area contributed by atoms with Crippen molar-refractivity contribution in [3.05, 3.63) is 59.7 Å². The van der Waals surface area contributed by atoms with E-state index in [1.807, 2.05) is 0 Å². The van der Waals surface area contributed by atoms with Crippen LogP contribution in [0.3, 0.4) is 0 Å². The van der Waals surface area contributed by atoms with Crippen LogP contribution >= 0.6 is 0 Å². The predicted molar refractivity (Wildman–Crippen MR) is 225 cm³/mol. The predicted octanol–water partition coefficient (Wildman–Crippen LogP) is 10.2. The van der Waals surface area contributed by atoms with Gasteiger partial charge in [-0.1, -0.05) is 64.1 Å². The Kier molecular flexibility index (Phi) is 9.18. The van der Waals surface area contributed by atoms with Crippen molar-refractivity contribution < 1.29 is 15.3 Å². The molecule has 10 rings (SSSR count). The number of rotatable bonds is 5. The summed E-state index contributed by atoms with van der Waals surface area (Å²) in [6, 6.07) is 18.9. The molecule has 7 fully saturated rings. The van der Waals surface area contributed by atoms with E-state index in [1.54, 1.807) is 0 Å². The maximum Gasteiger partial charge on any atom is 0.0805 e. The Bertz CT molecular complexity index is 1920. The number of aliphatic hydroxyl groups excluding tert-OH is 2. The van der Waals surface area contributed by atoms with Gasteiger partial charge in [0.05, 0.1) is 17.8 Å². The van der Waals surface area contributed by atoms with Gasteiger partial charge in [0.15, 0.2) is 0 Å². The van der Waals surface area contributed by atoms with E-state index in [-0.39, 0.29) is 29.0 Å². The Morgan fingerprint density at radius 1 is 0.745 bits per heavy atom. The van der Waals surface area contributed by atoms with Gasteiger partial charge in [0.2, 0.25) is 0 Å². The zero-order valence-electron chi connectivity index (χ0n) is 34.7. The van der Waals surface area contributed by atoms with Gasteiger partial charge in [-0.25, -0.2) is 0 Å². The Labute approximate surface area is 331 Å². The molecule has 0 radical (unpaired) electrons. The van der Waals surface area contributed by atoms with Gasteiger partial charge in [-0.2, -0.15) is 0 Å². The summed E-state index contributed by atoms with van der Waals surface area (Å²) in [5.74, 6) is 5.77. The molecule has 3 aromatic carbocycles. The number of nitrogens with zero attached hydrogens (tertiary/aromatic N) is 1. The average molecular weight is 746 g/mol. The SMILES string of the molecule is CC(C)Cc1cc2cc3ccccc3cc2cc1CCC1CCC2(C1)CC1(C)C(CC2O)C(O)CC2C3CCC4C(CN5CC(C)CCC5C4(C)O)C3CC21. The van der Waals surface area contributed by atoms with E-state index >= 15 is 0 Å².